The predicted octanol–water partition coefficient (Wildman–Crippen LogP) is 1.39. The number of hydrogen-bond acceptors (Lipinski definition) is 4. The standard InChI is InChI=1S/C14H22O4/c1-11(15)3-4-12-5-7-14(8-6-12)18-10-13(16)9-17-2/h5-8,11,13,15-16H,3-4,9-10H2,1-2H3. The highest BCUT2D eigenvalue weighted by Gasteiger charge is 2.04. The summed E-state index contributed by atoms with van der Waals surface area (Å²) in [5.41, 5.74) is 1.17. The van der Waals surface area contributed by atoms with Gasteiger partial charge in [0.25, 0.3) is 0 Å². The minimum Gasteiger partial charge on any atom is -0.491 e. The van der Waals surface area contributed by atoms with Gasteiger partial charge in [-0.15, -0.1) is 0 Å². The molecule has 102 valence electrons. The van der Waals surface area contributed by atoms with Crippen LogP contribution in [0.5, 0.6) is 5.75 Å². The summed E-state index contributed by atoms with van der Waals surface area (Å²) >= 11 is 0. The van der Waals surface area contributed by atoms with Crippen LogP contribution in [-0.4, -0.2) is 42.7 Å². The van der Waals surface area contributed by atoms with Crippen molar-refractivity contribution in [1.29, 1.82) is 0 Å². The van der Waals surface area contributed by atoms with Gasteiger partial charge in [-0.25, -0.2) is 0 Å². The maximum atomic E-state index is 9.43. The van der Waals surface area contributed by atoms with Crippen molar-refractivity contribution in [3.63, 3.8) is 0 Å². The predicted molar refractivity (Wildman–Crippen MR) is 69.8 cm³/mol. The van der Waals surface area contributed by atoms with E-state index in [0.29, 0.717) is 0 Å². The lowest BCUT2D eigenvalue weighted by Gasteiger charge is -2.11. The Morgan fingerprint density at radius 3 is 2.33 bits per heavy atom. The first kappa shape index (κ1) is 15.0. The van der Waals surface area contributed by atoms with E-state index in [9.17, 15) is 10.2 Å². The van der Waals surface area contributed by atoms with Gasteiger partial charge in [-0.05, 0) is 37.5 Å². The molecule has 0 saturated carbocycles. The molecule has 2 atom stereocenters. The van der Waals surface area contributed by atoms with E-state index in [1.54, 1.807) is 14.0 Å². The summed E-state index contributed by atoms with van der Waals surface area (Å²) in [6.45, 7) is 2.28. The number of benzene rings is 1. The number of methoxy groups -OCH3 is 1. The third-order valence-electron chi connectivity index (χ3n) is 2.58. The molecule has 0 fully saturated rings. The van der Waals surface area contributed by atoms with Crippen LogP contribution >= 0.6 is 0 Å². The molecule has 1 rings (SSSR count). The average molecular weight is 254 g/mol. The largest absolute Gasteiger partial charge is 0.491 e. The molecule has 2 unspecified atom stereocenters. The van der Waals surface area contributed by atoms with E-state index < -0.39 is 6.10 Å². The summed E-state index contributed by atoms with van der Waals surface area (Å²) in [7, 11) is 1.54. The molecule has 0 bridgehead atoms. The fourth-order valence-electron chi connectivity index (χ4n) is 1.56. The molecule has 0 aliphatic heterocycles. The first-order chi connectivity index (χ1) is 8.61. The van der Waals surface area contributed by atoms with Crippen LogP contribution in [0.1, 0.15) is 18.9 Å². The van der Waals surface area contributed by atoms with Gasteiger partial charge in [-0.1, -0.05) is 12.1 Å². The molecule has 0 spiro atoms. The van der Waals surface area contributed by atoms with Gasteiger partial charge in [0.2, 0.25) is 0 Å². The van der Waals surface area contributed by atoms with Crippen molar-refractivity contribution in [3.8, 4) is 5.75 Å². The molecule has 1 aromatic carbocycles. The fourth-order valence-corrected chi connectivity index (χ4v) is 1.56. The average Bonchev–Trinajstić information content (AvgIpc) is 2.35. The van der Waals surface area contributed by atoms with Crippen molar-refractivity contribution in [2.24, 2.45) is 0 Å². The SMILES string of the molecule is COCC(O)COc1ccc(CCC(C)O)cc1. The van der Waals surface area contributed by atoms with Gasteiger partial charge in [0.1, 0.15) is 18.5 Å². The van der Waals surface area contributed by atoms with Crippen LogP contribution in [0.2, 0.25) is 0 Å². The van der Waals surface area contributed by atoms with Crippen LogP contribution < -0.4 is 4.74 Å². The normalized spacial score (nSPS) is 14.2. The Bertz CT molecular complexity index is 321. The van der Waals surface area contributed by atoms with E-state index in [1.165, 1.54) is 5.56 Å². The minimum atomic E-state index is -0.607. The van der Waals surface area contributed by atoms with Crippen LogP contribution in [0.25, 0.3) is 0 Å². The molecule has 0 aliphatic carbocycles. The number of rotatable bonds is 8. The third kappa shape index (κ3) is 6.00. The number of ether oxygens (including phenoxy) is 2. The summed E-state index contributed by atoms with van der Waals surface area (Å²) < 4.78 is 10.2. The zero-order valence-corrected chi connectivity index (χ0v) is 11.0. The van der Waals surface area contributed by atoms with Gasteiger partial charge in [0.05, 0.1) is 12.7 Å². The monoisotopic (exact) mass is 254 g/mol. The Hall–Kier alpha value is -1.10. The highest BCUT2D eigenvalue weighted by Crippen LogP contribution is 2.14. The molecular weight excluding hydrogens is 232 g/mol. The highest BCUT2D eigenvalue weighted by atomic mass is 16.5. The van der Waals surface area contributed by atoms with Gasteiger partial charge in [-0.2, -0.15) is 0 Å². The molecule has 4 nitrogen and oxygen atoms in total. The number of hydrogen-bond donors (Lipinski definition) is 2. The van der Waals surface area contributed by atoms with Crippen molar-refractivity contribution in [1.82, 2.24) is 0 Å². The number of aliphatic hydroxyl groups excluding tert-OH is 2. The van der Waals surface area contributed by atoms with Crippen LogP contribution in [-0.2, 0) is 11.2 Å². The van der Waals surface area contributed by atoms with E-state index in [2.05, 4.69) is 0 Å². The van der Waals surface area contributed by atoms with Crippen molar-refractivity contribution in [2.45, 2.75) is 32.0 Å². The van der Waals surface area contributed by atoms with Crippen molar-refractivity contribution in [3.05, 3.63) is 29.8 Å². The van der Waals surface area contributed by atoms with E-state index >= 15 is 0 Å². The summed E-state index contributed by atoms with van der Waals surface area (Å²) in [6.07, 6.45) is 0.729. The lowest BCUT2D eigenvalue weighted by atomic mass is 10.1. The topological polar surface area (TPSA) is 58.9 Å². The van der Waals surface area contributed by atoms with Gasteiger partial charge in [0.15, 0.2) is 0 Å². The first-order valence-corrected chi connectivity index (χ1v) is 6.18. The van der Waals surface area contributed by atoms with Crippen molar-refractivity contribution < 1.29 is 19.7 Å². The molecule has 0 aliphatic rings. The Morgan fingerprint density at radius 1 is 1.11 bits per heavy atom. The second-order valence-electron chi connectivity index (χ2n) is 4.45. The van der Waals surface area contributed by atoms with Gasteiger partial charge >= 0.3 is 0 Å². The van der Waals surface area contributed by atoms with Crippen LogP contribution in [0.15, 0.2) is 24.3 Å². The Morgan fingerprint density at radius 2 is 1.78 bits per heavy atom. The molecule has 4 heteroatoms. The molecular formula is C14H22O4. The zero-order valence-electron chi connectivity index (χ0n) is 11.0. The lowest BCUT2D eigenvalue weighted by molar-refractivity contribution is 0.0325. The summed E-state index contributed by atoms with van der Waals surface area (Å²) in [4.78, 5) is 0. The quantitative estimate of drug-likeness (QED) is 0.736. The van der Waals surface area contributed by atoms with Gasteiger partial charge in [-0.3, -0.25) is 0 Å². The van der Waals surface area contributed by atoms with Crippen LogP contribution in [0.3, 0.4) is 0 Å². The maximum Gasteiger partial charge on any atom is 0.119 e. The van der Waals surface area contributed by atoms with E-state index in [-0.39, 0.29) is 19.3 Å². The van der Waals surface area contributed by atoms with E-state index in [1.807, 2.05) is 24.3 Å². The molecule has 0 saturated heterocycles. The number of aliphatic hydroxyl groups is 2. The third-order valence-corrected chi connectivity index (χ3v) is 2.58. The highest BCUT2D eigenvalue weighted by molar-refractivity contribution is 5.27. The molecule has 1 aromatic rings. The Labute approximate surface area is 108 Å². The molecule has 0 radical (unpaired) electrons. The molecule has 18 heavy (non-hydrogen) atoms. The van der Waals surface area contributed by atoms with Crippen LogP contribution in [0.4, 0.5) is 0 Å². The smallest absolute Gasteiger partial charge is 0.119 e. The van der Waals surface area contributed by atoms with Crippen molar-refractivity contribution in [2.75, 3.05) is 20.3 Å². The molecule has 0 heterocycles. The first-order valence-electron chi connectivity index (χ1n) is 6.18. The molecule has 0 aromatic heterocycles. The zero-order chi connectivity index (χ0) is 13.4. The summed E-state index contributed by atoms with van der Waals surface area (Å²) in [5.74, 6) is 0.728. The Balaban J connectivity index is 2.35. The second-order valence-corrected chi connectivity index (χ2v) is 4.45. The lowest BCUT2D eigenvalue weighted by Crippen LogP contribution is -2.22. The van der Waals surface area contributed by atoms with Crippen molar-refractivity contribution >= 4 is 0 Å². The fraction of sp³-hybridized carbons (Fsp3) is 0.571. The Kier molecular flexibility index (Phi) is 6.72. The van der Waals surface area contributed by atoms with Gasteiger partial charge in [0, 0.05) is 7.11 Å². The van der Waals surface area contributed by atoms with Gasteiger partial charge < -0.3 is 19.7 Å². The van der Waals surface area contributed by atoms with E-state index in [4.69, 9.17) is 9.47 Å². The molecule has 2 N–H and O–H groups in total. The van der Waals surface area contributed by atoms with Crippen LogP contribution in [0, 0.1) is 0 Å². The van der Waals surface area contributed by atoms with E-state index in [0.717, 1.165) is 18.6 Å². The summed E-state index contributed by atoms with van der Waals surface area (Å²) in [5, 5.41) is 18.6. The maximum absolute atomic E-state index is 9.43. The second kappa shape index (κ2) is 8.08. The molecule has 0 amide bonds. The number of aryl methyl sites for hydroxylation is 1. The summed E-state index contributed by atoms with van der Waals surface area (Å²) in [6, 6.07) is 7.69. The minimum absolute atomic E-state index is 0.223.